The topological polar surface area (TPSA) is 64.6 Å². The summed E-state index contributed by atoms with van der Waals surface area (Å²) < 4.78 is 9.66. The van der Waals surface area contributed by atoms with Crippen LogP contribution in [0.15, 0.2) is 24.3 Å². The highest BCUT2D eigenvalue weighted by Gasteiger charge is 2.16. The molecule has 1 aromatic carbocycles. The predicted molar refractivity (Wildman–Crippen MR) is 71.2 cm³/mol. The monoisotopic (exact) mass is 265 g/mol. The van der Waals surface area contributed by atoms with Crippen molar-refractivity contribution >= 4 is 11.9 Å². The van der Waals surface area contributed by atoms with Crippen LogP contribution >= 0.6 is 0 Å². The molecule has 0 aliphatic carbocycles. The lowest BCUT2D eigenvalue weighted by atomic mass is 10.1. The summed E-state index contributed by atoms with van der Waals surface area (Å²) in [6.45, 7) is 1.90. The summed E-state index contributed by atoms with van der Waals surface area (Å²) in [5, 5.41) is 2.80. The predicted octanol–water partition coefficient (Wildman–Crippen LogP) is 1.77. The van der Waals surface area contributed by atoms with Crippen molar-refractivity contribution in [2.45, 2.75) is 25.8 Å². The van der Waals surface area contributed by atoms with Crippen molar-refractivity contribution in [3.05, 3.63) is 29.8 Å². The molecule has 1 aromatic rings. The van der Waals surface area contributed by atoms with Crippen molar-refractivity contribution < 1.29 is 19.1 Å². The SMILES string of the molecule is CCC(CC(=O)OC)NC(=O)c1cccc(OC)c1. The van der Waals surface area contributed by atoms with Crippen LogP contribution in [-0.4, -0.2) is 32.1 Å². The number of nitrogens with one attached hydrogen (secondary N) is 1. The Kier molecular flexibility index (Phi) is 5.85. The van der Waals surface area contributed by atoms with E-state index in [0.717, 1.165) is 0 Å². The molecule has 104 valence electrons. The molecular formula is C14H19NO4. The summed E-state index contributed by atoms with van der Waals surface area (Å²) in [6.07, 6.45) is 0.827. The highest BCUT2D eigenvalue weighted by atomic mass is 16.5. The third kappa shape index (κ3) is 4.62. The van der Waals surface area contributed by atoms with Gasteiger partial charge in [-0.05, 0) is 24.6 Å². The van der Waals surface area contributed by atoms with Gasteiger partial charge in [0.15, 0.2) is 0 Å². The fourth-order valence-electron chi connectivity index (χ4n) is 1.61. The quantitative estimate of drug-likeness (QED) is 0.796. The van der Waals surface area contributed by atoms with E-state index < -0.39 is 0 Å². The molecule has 5 nitrogen and oxygen atoms in total. The van der Waals surface area contributed by atoms with E-state index in [1.165, 1.54) is 7.11 Å². The van der Waals surface area contributed by atoms with Crippen molar-refractivity contribution in [1.82, 2.24) is 5.32 Å². The van der Waals surface area contributed by atoms with E-state index in [4.69, 9.17) is 4.74 Å². The van der Waals surface area contributed by atoms with Gasteiger partial charge in [0.1, 0.15) is 5.75 Å². The van der Waals surface area contributed by atoms with Crippen LogP contribution in [0.25, 0.3) is 0 Å². The zero-order valence-electron chi connectivity index (χ0n) is 11.4. The average Bonchev–Trinajstić information content (AvgIpc) is 2.46. The highest BCUT2D eigenvalue weighted by Crippen LogP contribution is 2.13. The second-order valence-electron chi connectivity index (χ2n) is 4.09. The number of hydrogen-bond donors (Lipinski definition) is 1. The highest BCUT2D eigenvalue weighted by molar-refractivity contribution is 5.95. The summed E-state index contributed by atoms with van der Waals surface area (Å²) in [5.41, 5.74) is 0.502. The summed E-state index contributed by atoms with van der Waals surface area (Å²) in [5.74, 6) is 0.0566. The van der Waals surface area contributed by atoms with E-state index in [9.17, 15) is 9.59 Å². The molecule has 0 spiro atoms. The third-order valence-electron chi connectivity index (χ3n) is 2.80. The average molecular weight is 265 g/mol. The number of rotatable bonds is 6. The maximum Gasteiger partial charge on any atom is 0.307 e. The van der Waals surface area contributed by atoms with Crippen LogP contribution in [0.4, 0.5) is 0 Å². The number of hydrogen-bond acceptors (Lipinski definition) is 4. The molecular weight excluding hydrogens is 246 g/mol. The van der Waals surface area contributed by atoms with Crippen molar-refractivity contribution in [2.24, 2.45) is 0 Å². The van der Waals surface area contributed by atoms with Gasteiger partial charge in [-0.25, -0.2) is 0 Å². The molecule has 0 aliphatic heterocycles. The van der Waals surface area contributed by atoms with E-state index in [0.29, 0.717) is 17.7 Å². The molecule has 0 aromatic heterocycles. The number of amides is 1. The zero-order valence-corrected chi connectivity index (χ0v) is 11.4. The first-order valence-corrected chi connectivity index (χ1v) is 6.12. The molecule has 0 bridgehead atoms. The van der Waals surface area contributed by atoms with Crippen molar-refractivity contribution in [1.29, 1.82) is 0 Å². The van der Waals surface area contributed by atoms with Crippen LogP contribution < -0.4 is 10.1 Å². The van der Waals surface area contributed by atoms with Gasteiger partial charge in [-0.15, -0.1) is 0 Å². The van der Waals surface area contributed by atoms with Crippen LogP contribution in [-0.2, 0) is 9.53 Å². The first-order valence-electron chi connectivity index (χ1n) is 6.12. The van der Waals surface area contributed by atoms with Gasteiger partial charge in [-0.3, -0.25) is 9.59 Å². The molecule has 5 heteroatoms. The largest absolute Gasteiger partial charge is 0.497 e. The van der Waals surface area contributed by atoms with E-state index in [-0.39, 0.29) is 24.3 Å². The minimum Gasteiger partial charge on any atom is -0.497 e. The normalized spacial score (nSPS) is 11.5. The number of carbonyl (C=O) groups excluding carboxylic acids is 2. The fraction of sp³-hybridized carbons (Fsp3) is 0.429. The van der Waals surface area contributed by atoms with Gasteiger partial charge in [-0.2, -0.15) is 0 Å². The third-order valence-corrected chi connectivity index (χ3v) is 2.80. The lowest BCUT2D eigenvalue weighted by molar-refractivity contribution is -0.141. The number of esters is 1. The van der Waals surface area contributed by atoms with E-state index in [2.05, 4.69) is 10.1 Å². The smallest absolute Gasteiger partial charge is 0.307 e. The number of carbonyl (C=O) groups is 2. The first kappa shape index (κ1) is 15.0. The van der Waals surface area contributed by atoms with Gasteiger partial charge in [0.2, 0.25) is 0 Å². The van der Waals surface area contributed by atoms with Crippen LogP contribution in [0.5, 0.6) is 5.75 Å². The minimum atomic E-state index is -0.335. The Hall–Kier alpha value is -2.04. The second kappa shape index (κ2) is 7.41. The number of methoxy groups -OCH3 is 2. The molecule has 1 unspecified atom stereocenters. The van der Waals surface area contributed by atoms with Crippen molar-refractivity contribution in [3.8, 4) is 5.75 Å². The Balaban J connectivity index is 2.68. The van der Waals surface area contributed by atoms with Gasteiger partial charge in [0.05, 0.1) is 20.6 Å². The standard InChI is InChI=1S/C14H19NO4/c1-4-11(9-13(16)19-3)15-14(17)10-6-5-7-12(8-10)18-2/h5-8,11H,4,9H2,1-3H3,(H,15,17). The summed E-state index contributed by atoms with van der Waals surface area (Å²) >= 11 is 0. The first-order chi connectivity index (χ1) is 9.10. The molecule has 1 rings (SSSR count). The lowest BCUT2D eigenvalue weighted by Gasteiger charge is -2.15. The molecule has 0 fully saturated rings. The maximum atomic E-state index is 12.0. The minimum absolute atomic E-state index is 0.169. The van der Waals surface area contributed by atoms with Crippen molar-refractivity contribution in [2.75, 3.05) is 14.2 Å². The molecule has 0 saturated heterocycles. The van der Waals surface area contributed by atoms with Gasteiger partial charge < -0.3 is 14.8 Å². The van der Waals surface area contributed by atoms with Crippen molar-refractivity contribution in [3.63, 3.8) is 0 Å². The number of ether oxygens (including phenoxy) is 2. The van der Waals surface area contributed by atoms with Gasteiger partial charge >= 0.3 is 5.97 Å². The summed E-state index contributed by atoms with van der Waals surface area (Å²) in [6, 6.07) is 6.63. The molecule has 0 aliphatic rings. The van der Waals surface area contributed by atoms with E-state index in [1.807, 2.05) is 6.92 Å². The van der Waals surface area contributed by atoms with Gasteiger partial charge in [0.25, 0.3) is 5.91 Å². The Morgan fingerprint density at radius 1 is 1.32 bits per heavy atom. The molecule has 1 atom stereocenters. The Labute approximate surface area is 112 Å². The zero-order chi connectivity index (χ0) is 14.3. The molecule has 0 radical (unpaired) electrons. The Morgan fingerprint density at radius 3 is 2.63 bits per heavy atom. The Morgan fingerprint density at radius 2 is 2.05 bits per heavy atom. The molecule has 19 heavy (non-hydrogen) atoms. The van der Waals surface area contributed by atoms with Gasteiger partial charge in [-0.1, -0.05) is 13.0 Å². The van der Waals surface area contributed by atoms with E-state index in [1.54, 1.807) is 31.4 Å². The number of benzene rings is 1. The molecule has 0 saturated carbocycles. The Bertz CT molecular complexity index is 445. The molecule has 1 N–H and O–H groups in total. The molecule has 0 heterocycles. The van der Waals surface area contributed by atoms with Crippen LogP contribution in [0.3, 0.4) is 0 Å². The molecule has 1 amide bonds. The summed E-state index contributed by atoms with van der Waals surface area (Å²) in [7, 11) is 2.88. The summed E-state index contributed by atoms with van der Waals surface area (Å²) in [4.78, 5) is 23.2. The fourth-order valence-corrected chi connectivity index (χ4v) is 1.61. The van der Waals surface area contributed by atoms with Crippen LogP contribution in [0.1, 0.15) is 30.1 Å². The lowest BCUT2D eigenvalue weighted by Crippen LogP contribution is -2.36. The van der Waals surface area contributed by atoms with Gasteiger partial charge in [0, 0.05) is 11.6 Å². The van der Waals surface area contributed by atoms with Crippen LogP contribution in [0, 0.1) is 0 Å². The second-order valence-corrected chi connectivity index (χ2v) is 4.09. The van der Waals surface area contributed by atoms with E-state index >= 15 is 0 Å². The van der Waals surface area contributed by atoms with Crippen LogP contribution in [0.2, 0.25) is 0 Å². The maximum absolute atomic E-state index is 12.0.